The Morgan fingerprint density at radius 1 is 1.40 bits per heavy atom. The minimum Gasteiger partial charge on any atom is -0.478 e. The molecule has 2 aromatic rings. The largest absolute Gasteiger partial charge is 0.478 e. The van der Waals surface area contributed by atoms with Crippen LogP contribution in [0, 0.1) is 6.92 Å². The minimum absolute atomic E-state index is 0.0393. The zero-order valence-corrected chi connectivity index (χ0v) is 8.07. The average Bonchev–Trinajstić information content (AvgIpc) is 2.18. The highest BCUT2D eigenvalue weighted by atomic mass is 16.4. The molecule has 15 heavy (non-hydrogen) atoms. The quantitative estimate of drug-likeness (QED) is 0.738. The smallest absolute Gasteiger partial charge is 0.336 e. The number of aromatic carboxylic acids is 1. The maximum atomic E-state index is 11.2. The van der Waals surface area contributed by atoms with Crippen molar-refractivity contribution in [1.29, 1.82) is 0 Å². The normalized spacial score (nSPS) is 10.5. The maximum absolute atomic E-state index is 11.2. The first-order valence-corrected chi connectivity index (χ1v) is 4.45. The highest BCUT2D eigenvalue weighted by Crippen LogP contribution is 2.17. The SMILES string of the molecule is Cc1cccc2c(C(=O)O)cc(=O)[nH]c12. The van der Waals surface area contributed by atoms with Gasteiger partial charge in [-0.2, -0.15) is 0 Å². The van der Waals surface area contributed by atoms with Crippen LogP contribution >= 0.6 is 0 Å². The number of nitrogens with one attached hydrogen (secondary N) is 1. The molecule has 2 N–H and O–H groups in total. The molecule has 4 nitrogen and oxygen atoms in total. The molecule has 0 saturated heterocycles. The lowest BCUT2D eigenvalue weighted by Crippen LogP contribution is -2.10. The van der Waals surface area contributed by atoms with Gasteiger partial charge >= 0.3 is 5.97 Å². The average molecular weight is 203 g/mol. The first kappa shape index (κ1) is 9.45. The fraction of sp³-hybridized carbons (Fsp3) is 0.0909. The number of carboxylic acid groups (broad SMARTS) is 1. The molecule has 1 aromatic carbocycles. The van der Waals surface area contributed by atoms with E-state index in [1.54, 1.807) is 12.1 Å². The molecule has 0 bridgehead atoms. The van der Waals surface area contributed by atoms with E-state index in [1.165, 1.54) is 0 Å². The summed E-state index contributed by atoms with van der Waals surface area (Å²) in [4.78, 5) is 24.8. The Morgan fingerprint density at radius 3 is 2.80 bits per heavy atom. The number of carboxylic acids is 1. The molecule has 1 aromatic heterocycles. The Labute approximate surface area is 85.2 Å². The molecule has 0 aliphatic rings. The Hall–Kier alpha value is -2.10. The second kappa shape index (κ2) is 3.24. The van der Waals surface area contributed by atoms with Gasteiger partial charge in [0, 0.05) is 11.5 Å². The molecule has 0 saturated carbocycles. The van der Waals surface area contributed by atoms with Crippen LogP contribution in [0.1, 0.15) is 15.9 Å². The van der Waals surface area contributed by atoms with E-state index in [0.29, 0.717) is 10.9 Å². The molecule has 1 heterocycles. The van der Waals surface area contributed by atoms with E-state index in [1.807, 2.05) is 13.0 Å². The van der Waals surface area contributed by atoms with Crippen LogP contribution in [0.5, 0.6) is 0 Å². The lowest BCUT2D eigenvalue weighted by atomic mass is 10.1. The third-order valence-electron chi connectivity index (χ3n) is 2.32. The van der Waals surface area contributed by atoms with Crippen LogP contribution in [0.25, 0.3) is 10.9 Å². The van der Waals surface area contributed by atoms with Crippen LogP contribution in [-0.2, 0) is 0 Å². The lowest BCUT2D eigenvalue weighted by molar-refractivity contribution is 0.0699. The standard InChI is InChI=1S/C11H9NO3/c1-6-3-2-4-7-8(11(14)15)5-9(13)12-10(6)7/h2-5H,1H3,(H,12,13)(H,14,15). The highest BCUT2D eigenvalue weighted by Gasteiger charge is 2.10. The number of aromatic nitrogens is 1. The number of aromatic amines is 1. The molecule has 0 unspecified atom stereocenters. The molecule has 0 aliphatic heterocycles. The van der Waals surface area contributed by atoms with Gasteiger partial charge in [0.15, 0.2) is 0 Å². The highest BCUT2D eigenvalue weighted by molar-refractivity contribution is 6.02. The van der Waals surface area contributed by atoms with Crippen molar-refractivity contribution in [3.63, 3.8) is 0 Å². The summed E-state index contributed by atoms with van der Waals surface area (Å²) in [5.74, 6) is -1.09. The van der Waals surface area contributed by atoms with Crippen molar-refractivity contribution < 1.29 is 9.90 Å². The molecule has 0 radical (unpaired) electrons. The number of aryl methyl sites for hydroxylation is 1. The Kier molecular flexibility index (Phi) is 2.04. The summed E-state index contributed by atoms with van der Waals surface area (Å²) in [7, 11) is 0. The van der Waals surface area contributed by atoms with Crippen molar-refractivity contribution in [2.45, 2.75) is 6.92 Å². The van der Waals surface area contributed by atoms with Crippen molar-refractivity contribution in [2.24, 2.45) is 0 Å². The predicted molar refractivity (Wildman–Crippen MR) is 56.3 cm³/mol. The van der Waals surface area contributed by atoms with E-state index in [4.69, 9.17) is 5.11 Å². The van der Waals surface area contributed by atoms with Crippen LogP contribution < -0.4 is 5.56 Å². The zero-order chi connectivity index (χ0) is 11.0. The maximum Gasteiger partial charge on any atom is 0.336 e. The Morgan fingerprint density at radius 2 is 2.13 bits per heavy atom. The molecular weight excluding hydrogens is 194 g/mol. The topological polar surface area (TPSA) is 70.2 Å². The van der Waals surface area contributed by atoms with E-state index in [0.717, 1.165) is 11.6 Å². The zero-order valence-electron chi connectivity index (χ0n) is 8.07. The number of benzene rings is 1. The lowest BCUT2D eigenvalue weighted by Gasteiger charge is -2.03. The molecule has 2 rings (SSSR count). The fourth-order valence-corrected chi connectivity index (χ4v) is 1.60. The van der Waals surface area contributed by atoms with Crippen LogP contribution in [0.4, 0.5) is 0 Å². The Bertz CT molecular complexity index is 598. The third kappa shape index (κ3) is 1.50. The molecule has 0 amide bonds. The van der Waals surface area contributed by atoms with Gasteiger partial charge in [0.1, 0.15) is 0 Å². The molecule has 0 fully saturated rings. The summed E-state index contributed by atoms with van der Waals surface area (Å²) in [6.07, 6.45) is 0. The number of hydrogen-bond donors (Lipinski definition) is 2. The first-order chi connectivity index (χ1) is 7.09. The molecule has 0 aliphatic carbocycles. The van der Waals surface area contributed by atoms with Crippen LogP contribution in [0.15, 0.2) is 29.1 Å². The number of H-pyrrole nitrogens is 1. The van der Waals surface area contributed by atoms with Gasteiger partial charge in [-0.3, -0.25) is 4.79 Å². The van der Waals surface area contributed by atoms with Gasteiger partial charge in [-0.05, 0) is 12.5 Å². The van der Waals surface area contributed by atoms with Crippen molar-refractivity contribution in [3.05, 3.63) is 45.7 Å². The number of para-hydroxylation sites is 1. The molecule has 76 valence electrons. The van der Waals surface area contributed by atoms with Crippen LogP contribution in [0.3, 0.4) is 0 Å². The number of hydrogen-bond acceptors (Lipinski definition) is 2. The summed E-state index contributed by atoms with van der Waals surface area (Å²) in [5, 5.41) is 9.50. The van der Waals surface area contributed by atoms with Gasteiger partial charge in [-0.15, -0.1) is 0 Å². The third-order valence-corrected chi connectivity index (χ3v) is 2.32. The van der Waals surface area contributed by atoms with Gasteiger partial charge in [0.25, 0.3) is 0 Å². The van der Waals surface area contributed by atoms with Crippen molar-refractivity contribution in [2.75, 3.05) is 0 Å². The Balaban J connectivity index is 2.99. The summed E-state index contributed by atoms with van der Waals surface area (Å²) < 4.78 is 0. The summed E-state index contributed by atoms with van der Waals surface area (Å²) in [6, 6.07) is 6.37. The second-order valence-electron chi connectivity index (χ2n) is 3.35. The van der Waals surface area contributed by atoms with Crippen molar-refractivity contribution in [3.8, 4) is 0 Å². The van der Waals surface area contributed by atoms with Crippen LogP contribution in [-0.4, -0.2) is 16.1 Å². The van der Waals surface area contributed by atoms with Gasteiger partial charge in [-0.1, -0.05) is 18.2 Å². The fourth-order valence-electron chi connectivity index (χ4n) is 1.60. The van der Waals surface area contributed by atoms with Gasteiger partial charge < -0.3 is 10.1 Å². The van der Waals surface area contributed by atoms with E-state index >= 15 is 0 Å². The van der Waals surface area contributed by atoms with Gasteiger partial charge in [-0.25, -0.2) is 4.79 Å². The first-order valence-electron chi connectivity index (χ1n) is 4.45. The summed E-state index contributed by atoms with van der Waals surface area (Å²) in [5.41, 5.74) is 1.08. The van der Waals surface area contributed by atoms with E-state index in [9.17, 15) is 9.59 Å². The van der Waals surface area contributed by atoms with E-state index in [-0.39, 0.29) is 5.56 Å². The molecule has 0 atom stereocenters. The number of pyridine rings is 1. The van der Waals surface area contributed by atoms with Crippen molar-refractivity contribution >= 4 is 16.9 Å². The molecule has 0 spiro atoms. The van der Waals surface area contributed by atoms with E-state index < -0.39 is 11.5 Å². The minimum atomic E-state index is -1.09. The number of fused-ring (bicyclic) bond motifs is 1. The van der Waals surface area contributed by atoms with Crippen molar-refractivity contribution in [1.82, 2.24) is 4.98 Å². The number of rotatable bonds is 1. The summed E-state index contributed by atoms with van der Waals surface area (Å²) >= 11 is 0. The van der Waals surface area contributed by atoms with Gasteiger partial charge in [0.05, 0.1) is 11.1 Å². The van der Waals surface area contributed by atoms with Crippen LogP contribution in [0.2, 0.25) is 0 Å². The monoisotopic (exact) mass is 203 g/mol. The predicted octanol–water partition coefficient (Wildman–Crippen LogP) is 1.53. The summed E-state index contributed by atoms with van der Waals surface area (Å²) in [6.45, 7) is 1.82. The van der Waals surface area contributed by atoms with Gasteiger partial charge in [0.2, 0.25) is 5.56 Å². The van der Waals surface area contributed by atoms with E-state index in [2.05, 4.69) is 4.98 Å². The molecule has 4 heteroatoms. The second-order valence-corrected chi connectivity index (χ2v) is 3.35. The number of carbonyl (C=O) groups is 1. The molecular formula is C11H9NO3.